The lowest BCUT2D eigenvalue weighted by molar-refractivity contribution is 0.1000. The van der Waals surface area contributed by atoms with Crippen LogP contribution in [0.3, 0.4) is 0 Å². The summed E-state index contributed by atoms with van der Waals surface area (Å²) in [7, 11) is 0. The van der Waals surface area contributed by atoms with Crippen LogP contribution in [0.1, 0.15) is 22.8 Å². The fourth-order valence-corrected chi connectivity index (χ4v) is 1.16. The first-order valence-electron chi connectivity index (χ1n) is 4.38. The number of hydrogen-bond acceptors (Lipinski definition) is 3. The highest BCUT2D eigenvalue weighted by molar-refractivity contribution is 6.29. The lowest BCUT2D eigenvalue weighted by atomic mass is 10.1. The van der Waals surface area contributed by atoms with E-state index >= 15 is 0 Å². The van der Waals surface area contributed by atoms with Gasteiger partial charge in [-0.05, 0) is 19.1 Å². The summed E-state index contributed by atoms with van der Waals surface area (Å²) in [6, 6.07) is 1.43. The Bertz CT molecular complexity index is 391. The summed E-state index contributed by atoms with van der Waals surface area (Å²) in [4.78, 5) is 14.9. The first kappa shape index (κ1) is 11.5. The van der Waals surface area contributed by atoms with E-state index in [9.17, 15) is 4.79 Å². The monoisotopic (exact) mass is 226 g/mol. The van der Waals surface area contributed by atoms with Gasteiger partial charge in [0.05, 0.1) is 18.4 Å². The SMILES string of the molecule is CCO/C=C/c1cnc(Cl)cc1C(N)=O. The second kappa shape index (κ2) is 5.36. The van der Waals surface area contributed by atoms with E-state index in [-0.39, 0.29) is 5.15 Å². The number of primary amides is 1. The molecule has 1 aromatic rings. The molecule has 2 N–H and O–H groups in total. The van der Waals surface area contributed by atoms with Crippen LogP contribution in [0.4, 0.5) is 0 Å². The molecule has 0 radical (unpaired) electrons. The Kier molecular flexibility index (Phi) is 4.12. The highest BCUT2D eigenvalue weighted by atomic mass is 35.5. The van der Waals surface area contributed by atoms with Gasteiger partial charge >= 0.3 is 0 Å². The van der Waals surface area contributed by atoms with Crippen LogP contribution in [0.2, 0.25) is 5.15 Å². The van der Waals surface area contributed by atoms with Gasteiger partial charge < -0.3 is 10.5 Å². The largest absolute Gasteiger partial charge is 0.501 e. The first-order chi connectivity index (χ1) is 7.15. The van der Waals surface area contributed by atoms with Crippen molar-refractivity contribution in [2.45, 2.75) is 6.92 Å². The van der Waals surface area contributed by atoms with Gasteiger partial charge in [0.1, 0.15) is 5.15 Å². The van der Waals surface area contributed by atoms with Crippen LogP contribution in [0.5, 0.6) is 0 Å². The maximum absolute atomic E-state index is 11.1. The molecule has 0 fully saturated rings. The van der Waals surface area contributed by atoms with Gasteiger partial charge in [0.2, 0.25) is 5.91 Å². The number of nitrogens with two attached hydrogens (primary N) is 1. The van der Waals surface area contributed by atoms with Gasteiger partial charge in [-0.15, -0.1) is 0 Å². The second-order valence-electron chi connectivity index (χ2n) is 2.72. The molecule has 1 heterocycles. The summed E-state index contributed by atoms with van der Waals surface area (Å²) < 4.78 is 5.01. The normalized spacial score (nSPS) is 10.5. The standard InChI is InChI=1S/C10H11ClN2O2/c1-2-15-4-3-7-6-13-9(11)5-8(7)10(12)14/h3-6H,2H2,1H3,(H2,12,14)/b4-3+. The molecule has 0 atom stereocenters. The maximum atomic E-state index is 11.1. The summed E-state index contributed by atoms with van der Waals surface area (Å²) >= 11 is 5.65. The molecule has 0 aliphatic carbocycles. The number of hydrogen-bond donors (Lipinski definition) is 1. The van der Waals surface area contributed by atoms with Gasteiger partial charge in [-0.25, -0.2) is 4.98 Å². The molecule has 15 heavy (non-hydrogen) atoms. The fraction of sp³-hybridized carbons (Fsp3) is 0.200. The summed E-state index contributed by atoms with van der Waals surface area (Å²) in [5, 5.41) is 0.234. The molecule has 4 nitrogen and oxygen atoms in total. The zero-order valence-corrected chi connectivity index (χ0v) is 8.99. The van der Waals surface area contributed by atoms with Crippen LogP contribution < -0.4 is 5.73 Å². The van der Waals surface area contributed by atoms with Crippen LogP contribution >= 0.6 is 11.6 Å². The minimum absolute atomic E-state index is 0.234. The maximum Gasteiger partial charge on any atom is 0.249 e. The molecule has 5 heteroatoms. The van der Waals surface area contributed by atoms with Crippen LogP contribution in [0, 0.1) is 0 Å². The molecule has 1 amide bonds. The molecule has 0 spiro atoms. The molecule has 1 aromatic heterocycles. The average molecular weight is 227 g/mol. The van der Waals surface area contributed by atoms with Crippen LogP contribution in [0.15, 0.2) is 18.5 Å². The highest BCUT2D eigenvalue weighted by Gasteiger charge is 2.07. The Hall–Kier alpha value is -1.55. The fourth-order valence-electron chi connectivity index (χ4n) is 1.00. The van der Waals surface area contributed by atoms with E-state index in [0.717, 1.165) is 0 Å². The molecular weight excluding hydrogens is 216 g/mol. The summed E-state index contributed by atoms with van der Waals surface area (Å²) in [6.45, 7) is 2.42. The second-order valence-corrected chi connectivity index (χ2v) is 3.10. The zero-order valence-electron chi connectivity index (χ0n) is 8.24. The van der Waals surface area contributed by atoms with Crippen molar-refractivity contribution in [3.63, 3.8) is 0 Å². The molecule has 80 valence electrons. The van der Waals surface area contributed by atoms with Crippen molar-refractivity contribution in [1.29, 1.82) is 0 Å². The number of amides is 1. The number of rotatable bonds is 4. The Morgan fingerprint density at radius 3 is 3.07 bits per heavy atom. The van der Waals surface area contributed by atoms with Crippen molar-refractivity contribution in [2.24, 2.45) is 5.73 Å². The van der Waals surface area contributed by atoms with Gasteiger partial charge in [0.15, 0.2) is 0 Å². The van der Waals surface area contributed by atoms with Crippen molar-refractivity contribution in [3.8, 4) is 0 Å². The molecule has 0 aromatic carbocycles. The number of aromatic nitrogens is 1. The third kappa shape index (κ3) is 3.25. The topological polar surface area (TPSA) is 65.2 Å². The van der Waals surface area contributed by atoms with Gasteiger partial charge in [0, 0.05) is 11.8 Å². The Balaban J connectivity index is 3.01. The van der Waals surface area contributed by atoms with Crippen LogP contribution in [-0.2, 0) is 4.74 Å². The first-order valence-corrected chi connectivity index (χ1v) is 4.76. The van der Waals surface area contributed by atoms with Crippen molar-refractivity contribution in [2.75, 3.05) is 6.61 Å². The molecule has 1 rings (SSSR count). The molecule has 0 aliphatic rings. The Morgan fingerprint density at radius 1 is 1.73 bits per heavy atom. The van der Waals surface area contributed by atoms with E-state index in [4.69, 9.17) is 22.1 Å². The van der Waals surface area contributed by atoms with Crippen molar-refractivity contribution >= 4 is 23.6 Å². The third-order valence-electron chi connectivity index (χ3n) is 1.68. The van der Waals surface area contributed by atoms with E-state index in [1.54, 1.807) is 6.08 Å². The van der Waals surface area contributed by atoms with E-state index in [0.29, 0.717) is 17.7 Å². The van der Waals surface area contributed by atoms with Crippen LogP contribution in [0.25, 0.3) is 6.08 Å². The van der Waals surface area contributed by atoms with Crippen molar-refractivity contribution < 1.29 is 9.53 Å². The number of nitrogens with zero attached hydrogens (tertiary/aromatic N) is 1. The average Bonchev–Trinajstić information content (AvgIpc) is 2.20. The van der Waals surface area contributed by atoms with Gasteiger partial charge in [0.25, 0.3) is 0 Å². The summed E-state index contributed by atoms with van der Waals surface area (Å²) in [5.41, 5.74) is 6.10. The molecule has 0 aliphatic heterocycles. The van der Waals surface area contributed by atoms with E-state index < -0.39 is 5.91 Å². The quantitative estimate of drug-likeness (QED) is 0.629. The zero-order chi connectivity index (χ0) is 11.3. The van der Waals surface area contributed by atoms with E-state index in [1.807, 2.05) is 6.92 Å². The van der Waals surface area contributed by atoms with E-state index in [2.05, 4.69) is 4.98 Å². The molecule has 0 bridgehead atoms. The molecule has 0 unspecified atom stereocenters. The van der Waals surface area contributed by atoms with Gasteiger partial charge in [-0.2, -0.15) is 0 Å². The minimum Gasteiger partial charge on any atom is -0.501 e. The van der Waals surface area contributed by atoms with Crippen LogP contribution in [-0.4, -0.2) is 17.5 Å². The third-order valence-corrected chi connectivity index (χ3v) is 1.88. The van der Waals surface area contributed by atoms with E-state index in [1.165, 1.54) is 18.5 Å². The number of halogens is 1. The van der Waals surface area contributed by atoms with Crippen molar-refractivity contribution in [3.05, 3.63) is 34.8 Å². The molecule has 0 saturated carbocycles. The smallest absolute Gasteiger partial charge is 0.249 e. The number of ether oxygens (including phenoxy) is 1. The number of pyridine rings is 1. The predicted octanol–water partition coefficient (Wildman–Crippen LogP) is 1.84. The summed E-state index contributed by atoms with van der Waals surface area (Å²) in [5.74, 6) is -0.546. The number of carbonyl (C=O) groups excluding carboxylic acids is 1. The Labute approximate surface area is 92.7 Å². The molecule has 0 saturated heterocycles. The summed E-state index contributed by atoms with van der Waals surface area (Å²) in [6.07, 6.45) is 4.57. The lowest BCUT2D eigenvalue weighted by Gasteiger charge is -2.01. The predicted molar refractivity (Wildman–Crippen MR) is 58.4 cm³/mol. The molecular formula is C10H11ClN2O2. The van der Waals surface area contributed by atoms with Gasteiger partial charge in [-0.1, -0.05) is 11.6 Å². The minimum atomic E-state index is -0.546. The van der Waals surface area contributed by atoms with Crippen molar-refractivity contribution in [1.82, 2.24) is 4.98 Å². The Morgan fingerprint density at radius 2 is 2.47 bits per heavy atom. The highest BCUT2D eigenvalue weighted by Crippen LogP contribution is 2.14. The number of carbonyl (C=O) groups is 1. The lowest BCUT2D eigenvalue weighted by Crippen LogP contribution is -2.12. The van der Waals surface area contributed by atoms with Gasteiger partial charge in [-0.3, -0.25) is 4.79 Å².